The highest BCUT2D eigenvalue weighted by Gasteiger charge is 2.28. The van der Waals surface area contributed by atoms with Crippen molar-refractivity contribution in [2.45, 2.75) is 33.2 Å². The number of nitrogens with zero attached hydrogens (tertiary/aromatic N) is 2. The first-order chi connectivity index (χ1) is 12.8. The fourth-order valence-corrected chi connectivity index (χ4v) is 3.98. The second-order valence-electron chi connectivity index (χ2n) is 7.04. The third-order valence-electron chi connectivity index (χ3n) is 4.63. The number of hydrogen-bond donors (Lipinski definition) is 2. The number of nitrogens with one attached hydrogen (secondary N) is 2. The van der Waals surface area contributed by atoms with E-state index in [1.165, 1.54) is 11.8 Å². The van der Waals surface area contributed by atoms with Gasteiger partial charge in [-0.05, 0) is 37.3 Å². The lowest BCUT2D eigenvalue weighted by atomic mass is 10.1. The molecule has 1 atom stereocenters. The summed E-state index contributed by atoms with van der Waals surface area (Å²) >= 11 is 0. The SMILES string of the molecule is CCCOc1cc(C)ccc1CNC(=NC)NCC1CCN(S(C)(=O)=O)C1. The van der Waals surface area contributed by atoms with Crippen molar-refractivity contribution in [3.8, 4) is 5.75 Å². The summed E-state index contributed by atoms with van der Waals surface area (Å²) in [6, 6.07) is 6.20. The number of aryl methyl sites for hydroxylation is 1. The number of hydrogen-bond acceptors (Lipinski definition) is 4. The Labute approximate surface area is 163 Å². The van der Waals surface area contributed by atoms with Crippen molar-refractivity contribution >= 4 is 16.0 Å². The topological polar surface area (TPSA) is 83.0 Å². The van der Waals surface area contributed by atoms with Crippen LogP contribution in [0.3, 0.4) is 0 Å². The van der Waals surface area contributed by atoms with Crippen LogP contribution in [0, 0.1) is 12.8 Å². The number of aliphatic imine (C=N–C) groups is 1. The Morgan fingerprint density at radius 3 is 2.78 bits per heavy atom. The predicted octanol–water partition coefficient (Wildman–Crippen LogP) is 1.73. The lowest BCUT2D eigenvalue weighted by Crippen LogP contribution is -2.40. The van der Waals surface area contributed by atoms with Crippen LogP contribution < -0.4 is 15.4 Å². The number of rotatable bonds is 8. The first-order valence-electron chi connectivity index (χ1n) is 9.45. The average Bonchev–Trinajstić information content (AvgIpc) is 3.10. The summed E-state index contributed by atoms with van der Waals surface area (Å²) in [6.07, 6.45) is 3.10. The molecule has 1 aliphatic heterocycles. The van der Waals surface area contributed by atoms with Gasteiger partial charge in [-0.1, -0.05) is 19.1 Å². The Morgan fingerprint density at radius 1 is 1.37 bits per heavy atom. The van der Waals surface area contributed by atoms with Crippen LogP contribution in [0.25, 0.3) is 0 Å². The van der Waals surface area contributed by atoms with E-state index in [1.54, 1.807) is 11.4 Å². The molecule has 1 fully saturated rings. The molecule has 0 bridgehead atoms. The molecule has 152 valence electrons. The Kier molecular flexibility index (Phi) is 7.91. The second kappa shape index (κ2) is 9.94. The van der Waals surface area contributed by atoms with Gasteiger partial charge in [-0.25, -0.2) is 12.7 Å². The van der Waals surface area contributed by atoms with Gasteiger partial charge in [-0.3, -0.25) is 4.99 Å². The molecule has 1 aliphatic rings. The van der Waals surface area contributed by atoms with Gasteiger partial charge in [0.1, 0.15) is 5.75 Å². The minimum Gasteiger partial charge on any atom is -0.493 e. The lowest BCUT2D eigenvalue weighted by Gasteiger charge is -2.17. The zero-order valence-corrected chi connectivity index (χ0v) is 17.6. The summed E-state index contributed by atoms with van der Waals surface area (Å²) in [5.74, 6) is 1.90. The quantitative estimate of drug-likeness (QED) is 0.517. The fourth-order valence-electron chi connectivity index (χ4n) is 3.06. The molecule has 2 rings (SSSR count). The van der Waals surface area contributed by atoms with E-state index in [0.717, 1.165) is 24.2 Å². The van der Waals surface area contributed by atoms with Gasteiger partial charge in [0, 0.05) is 38.8 Å². The minimum atomic E-state index is -3.10. The van der Waals surface area contributed by atoms with E-state index in [4.69, 9.17) is 4.74 Å². The van der Waals surface area contributed by atoms with Crippen molar-refractivity contribution in [1.82, 2.24) is 14.9 Å². The first kappa shape index (κ1) is 21.5. The minimum absolute atomic E-state index is 0.293. The molecule has 8 heteroatoms. The smallest absolute Gasteiger partial charge is 0.211 e. The second-order valence-corrected chi connectivity index (χ2v) is 9.02. The summed E-state index contributed by atoms with van der Waals surface area (Å²) in [7, 11) is -1.36. The molecular weight excluding hydrogens is 364 g/mol. The van der Waals surface area contributed by atoms with E-state index in [9.17, 15) is 8.42 Å². The van der Waals surface area contributed by atoms with Gasteiger partial charge in [0.2, 0.25) is 10.0 Å². The normalized spacial score (nSPS) is 18.5. The van der Waals surface area contributed by atoms with E-state index in [2.05, 4.69) is 47.7 Å². The van der Waals surface area contributed by atoms with Crippen molar-refractivity contribution in [1.29, 1.82) is 0 Å². The van der Waals surface area contributed by atoms with Crippen LogP contribution in [0.5, 0.6) is 5.75 Å². The molecule has 1 aromatic carbocycles. The molecule has 7 nitrogen and oxygen atoms in total. The zero-order valence-electron chi connectivity index (χ0n) is 16.8. The number of ether oxygens (including phenoxy) is 1. The van der Waals surface area contributed by atoms with Gasteiger partial charge >= 0.3 is 0 Å². The van der Waals surface area contributed by atoms with Crippen LogP contribution in [-0.2, 0) is 16.6 Å². The summed E-state index contributed by atoms with van der Waals surface area (Å²) in [6.45, 7) is 7.31. The first-order valence-corrected chi connectivity index (χ1v) is 11.3. The molecule has 1 unspecified atom stereocenters. The van der Waals surface area contributed by atoms with Crippen molar-refractivity contribution in [3.63, 3.8) is 0 Å². The molecule has 0 aliphatic carbocycles. The molecule has 1 aromatic rings. The van der Waals surface area contributed by atoms with Crippen molar-refractivity contribution in [3.05, 3.63) is 29.3 Å². The Morgan fingerprint density at radius 2 is 2.15 bits per heavy atom. The largest absolute Gasteiger partial charge is 0.493 e. The Bertz CT molecular complexity index is 749. The molecule has 0 saturated carbocycles. The monoisotopic (exact) mass is 396 g/mol. The van der Waals surface area contributed by atoms with Gasteiger partial charge in [0.25, 0.3) is 0 Å². The van der Waals surface area contributed by atoms with Crippen LogP contribution in [0.15, 0.2) is 23.2 Å². The third-order valence-corrected chi connectivity index (χ3v) is 5.90. The maximum Gasteiger partial charge on any atom is 0.211 e. The zero-order chi connectivity index (χ0) is 19.9. The molecule has 0 amide bonds. The predicted molar refractivity (Wildman–Crippen MR) is 110 cm³/mol. The fraction of sp³-hybridized carbons (Fsp3) is 0.632. The summed E-state index contributed by atoms with van der Waals surface area (Å²) in [4.78, 5) is 4.26. The van der Waals surface area contributed by atoms with E-state index >= 15 is 0 Å². The molecule has 0 spiro atoms. The van der Waals surface area contributed by atoms with E-state index in [1.807, 2.05) is 0 Å². The van der Waals surface area contributed by atoms with Crippen molar-refractivity contribution < 1.29 is 13.2 Å². The molecule has 1 heterocycles. The van der Waals surface area contributed by atoms with Crippen LogP contribution in [0.4, 0.5) is 0 Å². The highest BCUT2D eigenvalue weighted by molar-refractivity contribution is 7.88. The lowest BCUT2D eigenvalue weighted by molar-refractivity contribution is 0.313. The van der Waals surface area contributed by atoms with Crippen LogP contribution >= 0.6 is 0 Å². The number of benzene rings is 1. The maximum absolute atomic E-state index is 11.6. The van der Waals surface area contributed by atoms with E-state index in [-0.39, 0.29) is 0 Å². The van der Waals surface area contributed by atoms with Gasteiger partial charge in [0.15, 0.2) is 5.96 Å². The maximum atomic E-state index is 11.6. The van der Waals surface area contributed by atoms with Crippen LogP contribution in [-0.4, -0.2) is 58.2 Å². The van der Waals surface area contributed by atoms with E-state index < -0.39 is 10.0 Å². The summed E-state index contributed by atoms with van der Waals surface area (Å²) < 4.78 is 30.6. The molecule has 0 aromatic heterocycles. The summed E-state index contributed by atoms with van der Waals surface area (Å²) in [5, 5.41) is 6.62. The van der Waals surface area contributed by atoms with Gasteiger partial charge < -0.3 is 15.4 Å². The van der Waals surface area contributed by atoms with Gasteiger partial charge in [-0.15, -0.1) is 0 Å². The third kappa shape index (κ3) is 6.70. The Hall–Kier alpha value is -1.80. The average molecular weight is 397 g/mol. The molecule has 1 saturated heterocycles. The Balaban J connectivity index is 1.86. The molecular formula is C19H32N4O3S. The number of sulfonamides is 1. The van der Waals surface area contributed by atoms with Crippen LogP contribution in [0.2, 0.25) is 0 Å². The van der Waals surface area contributed by atoms with Gasteiger partial charge in [0.05, 0.1) is 12.9 Å². The summed E-state index contributed by atoms with van der Waals surface area (Å²) in [5.41, 5.74) is 2.25. The molecule has 2 N–H and O–H groups in total. The highest BCUT2D eigenvalue weighted by Crippen LogP contribution is 2.21. The highest BCUT2D eigenvalue weighted by atomic mass is 32.2. The molecule has 0 radical (unpaired) electrons. The van der Waals surface area contributed by atoms with Crippen molar-refractivity contribution in [2.24, 2.45) is 10.9 Å². The standard InChI is InChI=1S/C19H32N4O3S/c1-5-10-26-18-11-15(2)6-7-17(18)13-22-19(20-3)21-12-16-8-9-23(14-16)27(4,24)25/h6-7,11,16H,5,8-10,12-14H2,1-4H3,(H2,20,21,22). The van der Waals surface area contributed by atoms with Crippen molar-refractivity contribution in [2.75, 3.05) is 39.5 Å². The van der Waals surface area contributed by atoms with Crippen LogP contribution in [0.1, 0.15) is 30.9 Å². The number of guanidine groups is 1. The van der Waals surface area contributed by atoms with Gasteiger partial charge in [-0.2, -0.15) is 0 Å². The van der Waals surface area contributed by atoms with E-state index in [0.29, 0.717) is 44.7 Å². The molecule has 27 heavy (non-hydrogen) atoms.